The standard InChI is InChI=1S/C20H39N5O.HI/c1-7-21-19(23-17-13-25(15(2)3)12-16(17)4)22-14-20(10-8-9-11-20)18(26)24(5)6;/h15-17H,7-14H2,1-6H3,(H2,21,22,23);1H. The Kier molecular flexibility index (Phi) is 9.82. The van der Waals surface area contributed by atoms with Crippen molar-refractivity contribution in [2.24, 2.45) is 16.3 Å². The van der Waals surface area contributed by atoms with Crippen LogP contribution in [0.15, 0.2) is 4.99 Å². The summed E-state index contributed by atoms with van der Waals surface area (Å²) in [5.41, 5.74) is -0.308. The number of hydrogen-bond acceptors (Lipinski definition) is 3. The lowest BCUT2D eigenvalue weighted by molar-refractivity contribution is -0.138. The van der Waals surface area contributed by atoms with E-state index in [4.69, 9.17) is 4.99 Å². The van der Waals surface area contributed by atoms with Crippen molar-refractivity contribution < 1.29 is 4.79 Å². The highest BCUT2D eigenvalue weighted by Gasteiger charge is 2.42. The first-order valence-electron chi connectivity index (χ1n) is 10.3. The Morgan fingerprint density at radius 1 is 1.26 bits per heavy atom. The van der Waals surface area contributed by atoms with Crippen molar-refractivity contribution in [3.05, 3.63) is 0 Å². The van der Waals surface area contributed by atoms with Crippen LogP contribution in [0.1, 0.15) is 53.4 Å². The van der Waals surface area contributed by atoms with Crippen LogP contribution in [0.3, 0.4) is 0 Å². The van der Waals surface area contributed by atoms with E-state index in [0.717, 1.165) is 51.3 Å². The number of aliphatic imine (C=N–C) groups is 1. The molecule has 2 N–H and O–H groups in total. The predicted octanol–water partition coefficient (Wildman–Crippen LogP) is 2.54. The number of carbonyl (C=O) groups is 1. The first kappa shape index (κ1) is 24.5. The molecule has 1 aliphatic heterocycles. The van der Waals surface area contributed by atoms with Crippen molar-refractivity contribution >= 4 is 35.8 Å². The highest BCUT2D eigenvalue weighted by Crippen LogP contribution is 2.39. The van der Waals surface area contributed by atoms with E-state index in [2.05, 4.69) is 43.2 Å². The van der Waals surface area contributed by atoms with Crippen molar-refractivity contribution in [1.29, 1.82) is 0 Å². The Bertz CT molecular complexity index is 503. The average Bonchev–Trinajstić information content (AvgIpc) is 3.20. The monoisotopic (exact) mass is 493 g/mol. The summed E-state index contributed by atoms with van der Waals surface area (Å²) in [7, 11) is 3.71. The molecule has 6 nitrogen and oxygen atoms in total. The molecule has 2 fully saturated rings. The molecule has 0 aromatic carbocycles. The fourth-order valence-corrected chi connectivity index (χ4v) is 4.31. The van der Waals surface area contributed by atoms with Crippen LogP contribution in [-0.4, -0.2) is 74.0 Å². The Hall–Kier alpha value is -0.570. The predicted molar refractivity (Wildman–Crippen MR) is 124 cm³/mol. The molecule has 158 valence electrons. The van der Waals surface area contributed by atoms with Gasteiger partial charge in [-0.2, -0.15) is 0 Å². The summed E-state index contributed by atoms with van der Waals surface area (Å²) in [5.74, 6) is 1.67. The van der Waals surface area contributed by atoms with Gasteiger partial charge < -0.3 is 15.5 Å². The van der Waals surface area contributed by atoms with Gasteiger partial charge in [-0.05, 0) is 39.5 Å². The molecule has 0 aromatic heterocycles. The minimum absolute atomic E-state index is 0. The fourth-order valence-electron chi connectivity index (χ4n) is 4.31. The first-order valence-corrected chi connectivity index (χ1v) is 10.3. The number of likely N-dealkylation sites (tertiary alicyclic amines) is 1. The second kappa shape index (κ2) is 10.8. The normalized spacial score (nSPS) is 25.4. The number of amides is 1. The van der Waals surface area contributed by atoms with E-state index in [-0.39, 0.29) is 35.3 Å². The summed E-state index contributed by atoms with van der Waals surface area (Å²) in [6, 6.07) is 0.975. The maximum atomic E-state index is 12.8. The number of rotatable bonds is 6. The highest BCUT2D eigenvalue weighted by atomic mass is 127. The van der Waals surface area contributed by atoms with Crippen molar-refractivity contribution in [3.8, 4) is 0 Å². The number of guanidine groups is 1. The zero-order valence-electron chi connectivity index (χ0n) is 18.0. The van der Waals surface area contributed by atoms with Gasteiger partial charge in [-0.1, -0.05) is 19.8 Å². The maximum Gasteiger partial charge on any atom is 0.230 e. The lowest BCUT2D eigenvalue weighted by atomic mass is 9.85. The molecule has 2 atom stereocenters. The molecule has 27 heavy (non-hydrogen) atoms. The minimum Gasteiger partial charge on any atom is -0.357 e. The van der Waals surface area contributed by atoms with E-state index in [1.54, 1.807) is 4.90 Å². The lowest BCUT2D eigenvalue weighted by Crippen LogP contribution is -2.48. The van der Waals surface area contributed by atoms with E-state index in [9.17, 15) is 4.79 Å². The molecule has 0 bridgehead atoms. The summed E-state index contributed by atoms with van der Waals surface area (Å²) >= 11 is 0. The van der Waals surface area contributed by atoms with Crippen LogP contribution in [0.2, 0.25) is 0 Å². The van der Waals surface area contributed by atoms with Gasteiger partial charge in [0.25, 0.3) is 0 Å². The molecule has 1 aliphatic carbocycles. The van der Waals surface area contributed by atoms with Crippen molar-refractivity contribution in [2.75, 3.05) is 40.3 Å². The van der Waals surface area contributed by atoms with E-state index in [1.165, 1.54) is 0 Å². The molecular weight excluding hydrogens is 453 g/mol. The van der Waals surface area contributed by atoms with Crippen LogP contribution in [0.4, 0.5) is 0 Å². The number of carbonyl (C=O) groups excluding carboxylic acids is 1. The van der Waals surface area contributed by atoms with Crippen LogP contribution in [0.5, 0.6) is 0 Å². The fraction of sp³-hybridized carbons (Fsp3) is 0.900. The Morgan fingerprint density at radius 2 is 1.89 bits per heavy atom. The van der Waals surface area contributed by atoms with Crippen molar-refractivity contribution in [3.63, 3.8) is 0 Å². The van der Waals surface area contributed by atoms with Crippen LogP contribution >= 0.6 is 24.0 Å². The smallest absolute Gasteiger partial charge is 0.230 e. The zero-order valence-corrected chi connectivity index (χ0v) is 20.4. The molecule has 2 rings (SSSR count). The van der Waals surface area contributed by atoms with E-state index < -0.39 is 0 Å². The topological polar surface area (TPSA) is 60.0 Å². The quantitative estimate of drug-likeness (QED) is 0.339. The van der Waals surface area contributed by atoms with E-state index >= 15 is 0 Å². The van der Waals surface area contributed by atoms with Crippen LogP contribution in [0, 0.1) is 11.3 Å². The summed E-state index contributed by atoms with van der Waals surface area (Å²) in [6.45, 7) is 12.5. The molecular formula is C20H40IN5O. The lowest BCUT2D eigenvalue weighted by Gasteiger charge is -2.29. The van der Waals surface area contributed by atoms with Gasteiger partial charge in [-0.25, -0.2) is 0 Å². The zero-order chi connectivity index (χ0) is 19.3. The van der Waals surface area contributed by atoms with E-state index in [0.29, 0.717) is 24.5 Å². The second-order valence-corrected chi connectivity index (χ2v) is 8.66. The maximum absolute atomic E-state index is 12.8. The Labute approximate surface area is 182 Å². The number of nitrogens with one attached hydrogen (secondary N) is 2. The summed E-state index contributed by atoms with van der Waals surface area (Å²) < 4.78 is 0. The summed E-state index contributed by atoms with van der Waals surface area (Å²) in [4.78, 5) is 21.9. The SMILES string of the molecule is CCNC(=NCC1(C(=O)N(C)C)CCCC1)NC1CN(C(C)C)CC1C.I. The molecule has 1 saturated carbocycles. The molecule has 2 aliphatic rings. The van der Waals surface area contributed by atoms with Gasteiger partial charge in [-0.3, -0.25) is 14.7 Å². The molecule has 1 amide bonds. The van der Waals surface area contributed by atoms with Gasteiger partial charge in [0.05, 0.1) is 12.0 Å². The number of nitrogens with zero attached hydrogens (tertiary/aromatic N) is 3. The van der Waals surface area contributed by atoms with Crippen LogP contribution in [-0.2, 0) is 4.79 Å². The summed E-state index contributed by atoms with van der Waals surface area (Å²) in [6.07, 6.45) is 4.16. The third-order valence-electron chi connectivity index (χ3n) is 6.00. The van der Waals surface area contributed by atoms with E-state index in [1.807, 2.05) is 14.1 Å². The van der Waals surface area contributed by atoms with Gasteiger partial charge in [0, 0.05) is 45.8 Å². The van der Waals surface area contributed by atoms with Crippen molar-refractivity contribution in [1.82, 2.24) is 20.4 Å². The molecule has 0 aromatic rings. The Morgan fingerprint density at radius 3 is 2.37 bits per heavy atom. The molecule has 1 heterocycles. The number of halogens is 1. The van der Waals surface area contributed by atoms with Crippen molar-refractivity contribution in [2.45, 2.75) is 65.5 Å². The molecule has 0 radical (unpaired) electrons. The molecule has 2 unspecified atom stereocenters. The highest BCUT2D eigenvalue weighted by molar-refractivity contribution is 14.0. The molecule has 7 heteroatoms. The van der Waals surface area contributed by atoms with Gasteiger partial charge >= 0.3 is 0 Å². The van der Waals surface area contributed by atoms with Crippen LogP contribution < -0.4 is 10.6 Å². The van der Waals surface area contributed by atoms with Gasteiger partial charge in [0.15, 0.2) is 5.96 Å². The third-order valence-corrected chi connectivity index (χ3v) is 6.00. The average molecular weight is 493 g/mol. The number of hydrogen-bond donors (Lipinski definition) is 2. The second-order valence-electron chi connectivity index (χ2n) is 8.66. The van der Waals surface area contributed by atoms with Crippen LogP contribution in [0.25, 0.3) is 0 Å². The first-order chi connectivity index (χ1) is 12.3. The summed E-state index contributed by atoms with van der Waals surface area (Å²) in [5, 5.41) is 7.01. The van der Waals surface area contributed by atoms with Gasteiger partial charge in [0.2, 0.25) is 5.91 Å². The third kappa shape index (κ3) is 6.21. The largest absolute Gasteiger partial charge is 0.357 e. The van der Waals surface area contributed by atoms with Gasteiger partial charge in [0.1, 0.15) is 0 Å². The Balaban J connectivity index is 0.00000364. The molecule has 0 spiro atoms. The van der Waals surface area contributed by atoms with Gasteiger partial charge in [-0.15, -0.1) is 24.0 Å². The minimum atomic E-state index is -0.308. The molecule has 1 saturated heterocycles.